The lowest BCUT2D eigenvalue weighted by atomic mass is 10.1. The second-order valence-electron chi connectivity index (χ2n) is 4.80. The Balaban J connectivity index is 2.10. The normalized spacial score (nSPS) is 12.0. The van der Waals surface area contributed by atoms with Crippen molar-refractivity contribution in [2.45, 2.75) is 19.1 Å². The van der Waals surface area contributed by atoms with Crippen molar-refractivity contribution in [2.24, 2.45) is 0 Å². The van der Waals surface area contributed by atoms with E-state index in [1.54, 1.807) is 13.2 Å². The van der Waals surface area contributed by atoms with Crippen molar-refractivity contribution in [3.8, 4) is 11.5 Å². The average Bonchev–Trinajstić information content (AvgIpc) is 2.54. The van der Waals surface area contributed by atoms with Gasteiger partial charge in [-0.15, -0.1) is 0 Å². The molecule has 0 fully saturated rings. The van der Waals surface area contributed by atoms with Crippen LogP contribution in [0.15, 0.2) is 48.5 Å². The fraction of sp³-hybridized carbons (Fsp3) is 0.294. The molecule has 2 aromatic carbocycles. The Bertz CT molecular complexity index is 554. The van der Waals surface area contributed by atoms with E-state index in [-0.39, 0.29) is 6.61 Å². The lowest BCUT2D eigenvalue weighted by molar-refractivity contribution is 0.0954. The number of benzene rings is 2. The van der Waals surface area contributed by atoms with Gasteiger partial charge < -0.3 is 19.7 Å². The van der Waals surface area contributed by atoms with E-state index in [0.29, 0.717) is 24.5 Å². The summed E-state index contributed by atoms with van der Waals surface area (Å²) in [5.41, 5.74) is 1.96. The maximum absolute atomic E-state index is 9.51. The third kappa shape index (κ3) is 4.48. The SMILES string of the molecule is COc1ccc(C[C@H](O)CO)cc1OCc1ccccc1. The molecule has 112 valence electrons. The van der Waals surface area contributed by atoms with Gasteiger partial charge in [0.05, 0.1) is 19.8 Å². The lowest BCUT2D eigenvalue weighted by Gasteiger charge is -2.13. The first-order valence-electron chi connectivity index (χ1n) is 6.85. The molecule has 0 aliphatic rings. The van der Waals surface area contributed by atoms with Crippen LogP contribution in [0.3, 0.4) is 0 Å². The zero-order valence-electron chi connectivity index (χ0n) is 12.0. The molecule has 2 aromatic rings. The molecular weight excluding hydrogens is 268 g/mol. The molecule has 2 N–H and O–H groups in total. The van der Waals surface area contributed by atoms with Gasteiger partial charge in [0.25, 0.3) is 0 Å². The number of rotatable bonds is 7. The van der Waals surface area contributed by atoms with E-state index >= 15 is 0 Å². The molecular formula is C17H20O4. The van der Waals surface area contributed by atoms with Crippen LogP contribution >= 0.6 is 0 Å². The molecule has 0 aromatic heterocycles. The summed E-state index contributed by atoms with van der Waals surface area (Å²) in [4.78, 5) is 0. The van der Waals surface area contributed by atoms with E-state index in [0.717, 1.165) is 11.1 Å². The van der Waals surface area contributed by atoms with E-state index in [2.05, 4.69) is 0 Å². The standard InChI is InChI=1S/C17H20O4/c1-20-16-8-7-14(9-15(19)11-18)10-17(16)21-12-13-5-3-2-4-6-13/h2-8,10,15,18-19H,9,11-12H2,1H3/t15-/m0/s1. The van der Waals surface area contributed by atoms with Gasteiger partial charge in [-0.1, -0.05) is 36.4 Å². The van der Waals surface area contributed by atoms with Crippen molar-refractivity contribution in [3.63, 3.8) is 0 Å². The Morgan fingerprint density at radius 2 is 1.76 bits per heavy atom. The predicted octanol–water partition coefficient (Wildman–Crippen LogP) is 2.17. The first kappa shape index (κ1) is 15.4. The summed E-state index contributed by atoms with van der Waals surface area (Å²) >= 11 is 0. The van der Waals surface area contributed by atoms with Crippen LogP contribution < -0.4 is 9.47 Å². The quantitative estimate of drug-likeness (QED) is 0.820. The molecule has 0 spiro atoms. The molecule has 0 bridgehead atoms. The molecule has 0 aliphatic carbocycles. The summed E-state index contributed by atoms with van der Waals surface area (Å²) in [6, 6.07) is 15.4. The molecule has 0 heterocycles. The number of methoxy groups -OCH3 is 1. The van der Waals surface area contributed by atoms with Gasteiger partial charge >= 0.3 is 0 Å². The minimum Gasteiger partial charge on any atom is -0.493 e. The third-order valence-corrected chi connectivity index (χ3v) is 3.15. The highest BCUT2D eigenvalue weighted by Gasteiger charge is 2.09. The van der Waals surface area contributed by atoms with Gasteiger partial charge in [0.1, 0.15) is 6.61 Å². The Hall–Kier alpha value is -2.04. The van der Waals surface area contributed by atoms with Crippen LogP contribution in [-0.4, -0.2) is 30.0 Å². The molecule has 1 atom stereocenters. The van der Waals surface area contributed by atoms with Crippen molar-refractivity contribution >= 4 is 0 Å². The van der Waals surface area contributed by atoms with Gasteiger partial charge in [-0.2, -0.15) is 0 Å². The van der Waals surface area contributed by atoms with Crippen LogP contribution in [0.4, 0.5) is 0 Å². The van der Waals surface area contributed by atoms with Crippen molar-refractivity contribution in [1.29, 1.82) is 0 Å². The monoisotopic (exact) mass is 288 g/mol. The number of aliphatic hydroxyl groups is 2. The van der Waals surface area contributed by atoms with Crippen LogP contribution in [0.5, 0.6) is 11.5 Å². The zero-order valence-corrected chi connectivity index (χ0v) is 12.0. The summed E-state index contributed by atoms with van der Waals surface area (Å²) in [6.45, 7) is 0.190. The minimum atomic E-state index is -0.764. The highest BCUT2D eigenvalue weighted by atomic mass is 16.5. The van der Waals surface area contributed by atoms with Gasteiger partial charge in [-0.05, 0) is 23.3 Å². The first-order chi connectivity index (χ1) is 10.2. The fourth-order valence-electron chi connectivity index (χ4n) is 2.03. The summed E-state index contributed by atoms with van der Waals surface area (Å²) in [5, 5.41) is 18.4. The Labute approximate surface area is 124 Å². The minimum absolute atomic E-state index is 0.258. The maximum atomic E-state index is 9.51. The second kappa shape index (κ2) is 7.67. The van der Waals surface area contributed by atoms with E-state index in [1.807, 2.05) is 42.5 Å². The van der Waals surface area contributed by atoms with Gasteiger partial charge in [0.15, 0.2) is 11.5 Å². The topological polar surface area (TPSA) is 58.9 Å². The van der Waals surface area contributed by atoms with Crippen LogP contribution in [0.1, 0.15) is 11.1 Å². The van der Waals surface area contributed by atoms with E-state index < -0.39 is 6.10 Å². The Morgan fingerprint density at radius 1 is 1.00 bits per heavy atom. The zero-order chi connectivity index (χ0) is 15.1. The lowest BCUT2D eigenvalue weighted by Crippen LogP contribution is -2.15. The van der Waals surface area contributed by atoms with Crippen LogP contribution in [-0.2, 0) is 13.0 Å². The number of hydrogen-bond donors (Lipinski definition) is 2. The molecule has 21 heavy (non-hydrogen) atoms. The molecule has 2 rings (SSSR count). The average molecular weight is 288 g/mol. The number of hydrogen-bond acceptors (Lipinski definition) is 4. The van der Waals surface area contributed by atoms with E-state index in [9.17, 15) is 5.11 Å². The van der Waals surface area contributed by atoms with Gasteiger partial charge in [-0.3, -0.25) is 0 Å². The van der Waals surface area contributed by atoms with Crippen LogP contribution in [0.25, 0.3) is 0 Å². The molecule has 0 saturated heterocycles. The van der Waals surface area contributed by atoms with Crippen LogP contribution in [0.2, 0.25) is 0 Å². The van der Waals surface area contributed by atoms with Crippen molar-refractivity contribution in [1.82, 2.24) is 0 Å². The Morgan fingerprint density at radius 3 is 2.43 bits per heavy atom. The van der Waals surface area contributed by atoms with Gasteiger partial charge in [0, 0.05) is 6.42 Å². The van der Waals surface area contributed by atoms with Gasteiger partial charge in [-0.25, -0.2) is 0 Å². The number of ether oxygens (including phenoxy) is 2. The highest BCUT2D eigenvalue weighted by molar-refractivity contribution is 5.43. The molecule has 0 unspecified atom stereocenters. The molecule has 4 nitrogen and oxygen atoms in total. The summed E-state index contributed by atoms with van der Waals surface area (Å²) < 4.78 is 11.1. The summed E-state index contributed by atoms with van der Waals surface area (Å²) in [7, 11) is 1.59. The molecule has 0 radical (unpaired) electrons. The van der Waals surface area contributed by atoms with E-state index in [1.165, 1.54) is 0 Å². The van der Waals surface area contributed by atoms with Crippen molar-refractivity contribution < 1.29 is 19.7 Å². The second-order valence-corrected chi connectivity index (χ2v) is 4.80. The van der Waals surface area contributed by atoms with Crippen LogP contribution in [0, 0.1) is 0 Å². The summed E-state index contributed by atoms with van der Waals surface area (Å²) in [5.74, 6) is 1.28. The fourth-order valence-corrected chi connectivity index (χ4v) is 2.03. The largest absolute Gasteiger partial charge is 0.493 e. The van der Waals surface area contributed by atoms with Crippen molar-refractivity contribution in [3.05, 3.63) is 59.7 Å². The molecule has 0 saturated carbocycles. The summed E-state index contributed by atoms with van der Waals surface area (Å²) in [6.07, 6.45) is -0.386. The number of aliphatic hydroxyl groups excluding tert-OH is 2. The molecule has 4 heteroatoms. The van der Waals surface area contributed by atoms with Crippen molar-refractivity contribution in [2.75, 3.05) is 13.7 Å². The third-order valence-electron chi connectivity index (χ3n) is 3.15. The van der Waals surface area contributed by atoms with E-state index in [4.69, 9.17) is 14.6 Å². The predicted molar refractivity (Wildman–Crippen MR) is 80.6 cm³/mol. The smallest absolute Gasteiger partial charge is 0.161 e. The first-order valence-corrected chi connectivity index (χ1v) is 6.85. The molecule has 0 amide bonds. The van der Waals surface area contributed by atoms with Gasteiger partial charge in [0.2, 0.25) is 0 Å². The molecule has 0 aliphatic heterocycles. The highest BCUT2D eigenvalue weighted by Crippen LogP contribution is 2.29. The maximum Gasteiger partial charge on any atom is 0.161 e. The Kier molecular flexibility index (Phi) is 5.60.